The van der Waals surface area contributed by atoms with E-state index in [0.717, 1.165) is 10.5 Å². The van der Waals surface area contributed by atoms with E-state index in [2.05, 4.69) is 15.3 Å². The maximum atomic E-state index is 12.6. The number of hydrogen-bond donors (Lipinski definition) is 1. The molecule has 2 aromatic carbocycles. The average Bonchev–Trinajstić information content (AvgIpc) is 2.73. The second-order valence-corrected chi connectivity index (χ2v) is 7.44. The van der Waals surface area contributed by atoms with Gasteiger partial charge in [-0.2, -0.15) is 0 Å². The highest BCUT2D eigenvalue weighted by Gasteiger charge is 2.27. The average molecular weight is 406 g/mol. The Labute approximate surface area is 172 Å². The molecule has 0 radical (unpaired) electrons. The Hall–Kier alpha value is -3.39. The van der Waals surface area contributed by atoms with Crippen LogP contribution in [0.4, 0.5) is 11.4 Å². The van der Waals surface area contributed by atoms with Crippen LogP contribution in [0.25, 0.3) is 0 Å². The van der Waals surface area contributed by atoms with Gasteiger partial charge in [-0.1, -0.05) is 12.1 Å². The van der Waals surface area contributed by atoms with Crippen molar-refractivity contribution in [3.63, 3.8) is 0 Å². The molecule has 8 heteroatoms. The fourth-order valence-electron chi connectivity index (χ4n) is 2.94. The summed E-state index contributed by atoms with van der Waals surface area (Å²) >= 11 is 1.45. The standard InChI is InChI=1S/C21H18N4O3S/c1-14-11-15(29-21-22-9-4-10-23-21)7-8-16(14)24-19(26)12-25-17-5-2-3-6-18(17)28-13-20(25)27/h2-11H,12-13H2,1H3,(H,24,26). The first kappa shape index (κ1) is 18.9. The third kappa shape index (κ3) is 4.38. The Balaban J connectivity index is 1.44. The number of para-hydroxylation sites is 2. The van der Waals surface area contributed by atoms with E-state index in [1.807, 2.05) is 37.3 Å². The van der Waals surface area contributed by atoms with Crippen LogP contribution >= 0.6 is 11.8 Å². The maximum Gasteiger partial charge on any atom is 0.265 e. The van der Waals surface area contributed by atoms with Gasteiger partial charge in [0, 0.05) is 23.0 Å². The molecule has 4 rings (SSSR count). The number of anilines is 2. The highest BCUT2D eigenvalue weighted by Crippen LogP contribution is 2.31. The van der Waals surface area contributed by atoms with E-state index in [0.29, 0.717) is 22.3 Å². The van der Waals surface area contributed by atoms with E-state index in [9.17, 15) is 9.59 Å². The summed E-state index contributed by atoms with van der Waals surface area (Å²) in [5.41, 5.74) is 2.21. The van der Waals surface area contributed by atoms with Crippen molar-refractivity contribution in [3.05, 3.63) is 66.5 Å². The van der Waals surface area contributed by atoms with Crippen LogP contribution in [0.2, 0.25) is 0 Å². The molecule has 29 heavy (non-hydrogen) atoms. The lowest BCUT2D eigenvalue weighted by Crippen LogP contribution is -2.43. The minimum atomic E-state index is -0.273. The molecule has 7 nitrogen and oxygen atoms in total. The molecule has 0 atom stereocenters. The molecular weight excluding hydrogens is 388 g/mol. The van der Waals surface area contributed by atoms with E-state index < -0.39 is 0 Å². The molecule has 2 heterocycles. The molecule has 1 N–H and O–H groups in total. The molecule has 3 aromatic rings. The molecule has 1 aliphatic rings. The molecule has 1 aromatic heterocycles. The molecule has 0 saturated carbocycles. The fourth-order valence-corrected chi connectivity index (χ4v) is 3.75. The van der Waals surface area contributed by atoms with Gasteiger partial charge in [-0.15, -0.1) is 0 Å². The Bertz CT molecular complexity index is 1060. The van der Waals surface area contributed by atoms with Crippen molar-refractivity contribution in [2.45, 2.75) is 17.0 Å². The fraction of sp³-hybridized carbons (Fsp3) is 0.143. The first-order valence-electron chi connectivity index (χ1n) is 8.98. The van der Waals surface area contributed by atoms with Gasteiger partial charge in [-0.05, 0) is 60.6 Å². The Morgan fingerprint density at radius 1 is 1.17 bits per heavy atom. The topological polar surface area (TPSA) is 84.4 Å². The zero-order valence-corrected chi connectivity index (χ0v) is 16.5. The number of rotatable bonds is 5. The summed E-state index contributed by atoms with van der Waals surface area (Å²) in [6, 6.07) is 14.7. The lowest BCUT2D eigenvalue weighted by Gasteiger charge is -2.28. The minimum absolute atomic E-state index is 0.0726. The SMILES string of the molecule is Cc1cc(Sc2ncccn2)ccc1NC(=O)CN1C(=O)COc2ccccc21. The number of carbonyl (C=O) groups excluding carboxylic acids is 2. The van der Waals surface area contributed by atoms with Gasteiger partial charge in [0.15, 0.2) is 11.8 Å². The summed E-state index contributed by atoms with van der Waals surface area (Å²) in [6.07, 6.45) is 3.39. The van der Waals surface area contributed by atoms with Crippen LogP contribution < -0.4 is 15.0 Å². The quantitative estimate of drug-likeness (QED) is 0.655. The first-order valence-corrected chi connectivity index (χ1v) is 9.79. The van der Waals surface area contributed by atoms with Crippen LogP contribution in [0.3, 0.4) is 0 Å². The zero-order valence-electron chi connectivity index (χ0n) is 15.7. The van der Waals surface area contributed by atoms with E-state index in [1.165, 1.54) is 16.7 Å². The lowest BCUT2D eigenvalue weighted by molar-refractivity contribution is -0.123. The normalized spacial score (nSPS) is 12.9. The zero-order chi connectivity index (χ0) is 20.2. The third-order valence-electron chi connectivity index (χ3n) is 4.33. The first-order chi connectivity index (χ1) is 14.1. The number of ether oxygens (including phenoxy) is 1. The van der Waals surface area contributed by atoms with Gasteiger partial charge in [-0.3, -0.25) is 14.5 Å². The minimum Gasteiger partial charge on any atom is -0.482 e. The van der Waals surface area contributed by atoms with Crippen LogP contribution in [0.15, 0.2) is 71.0 Å². The number of hydrogen-bond acceptors (Lipinski definition) is 6. The Morgan fingerprint density at radius 3 is 2.76 bits per heavy atom. The number of benzene rings is 2. The summed E-state index contributed by atoms with van der Waals surface area (Å²) in [7, 11) is 0. The van der Waals surface area contributed by atoms with Gasteiger partial charge < -0.3 is 10.1 Å². The maximum absolute atomic E-state index is 12.6. The summed E-state index contributed by atoms with van der Waals surface area (Å²) < 4.78 is 5.41. The molecule has 2 amide bonds. The molecule has 146 valence electrons. The number of nitrogens with one attached hydrogen (secondary N) is 1. The van der Waals surface area contributed by atoms with Crippen molar-refractivity contribution in [2.75, 3.05) is 23.4 Å². The molecule has 0 aliphatic carbocycles. The van der Waals surface area contributed by atoms with Crippen molar-refractivity contribution >= 4 is 35.0 Å². The largest absolute Gasteiger partial charge is 0.482 e. The van der Waals surface area contributed by atoms with Gasteiger partial charge in [0.2, 0.25) is 5.91 Å². The van der Waals surface area contributed by atoms with Crippen LogP contribution in [0.1, 0.15) is 5.56 Å². The van der Waals surface area contributed by atoms with Gasteiger partial charge in [0.05, 0.1) is 5.69 Å². The predicted molar refractivity (Wildman–Crippen MR) is 110 cm³/mol. The van der Waals surface area contributed by atoms with Crippen molar-refractivity contribution in [1.82, 2.24) is 9.97 Å². The number of aryl methyl sites for hydroxylation is 1. The summed E-state index contributed by atoms with van der Waals surface area (Å²) in [6.45, 7) is 1.77. The second-order valence-electron chi connectivity index (χ2n) is 6.39. The predicted octanol–water partition coefficient (Wildman–Crippen LogP) is 3.30. The molecule has 1 aliphatic heterocycles. The molecular formula is C21H18N4O3S. The van der Waals surface area contributed by atoms with Gasteiger partial charge in [-0.25, -0.2) is 9.97 Å². The highest BCUT2D eigenvalue weighted by atomic mass is 32.2. The Kier molecular flexibility index (Phi) is 5.44. The number of carbonyl (C=O) groups is 2. The van der Waals surface area contributed by atoms with E-state index in [-0.39, 0.29) is 25.0 Å². The van der Waals surface area contributed by atoms with E-state index in [4.69, 9.17) is 4.74 Å². The molecule has 0 unspecified atom stereocenters. The highest BCUT2D eigenvalue weighted by molar-refractivity contribution is 7.99. The number of fused-ring (bicyclic) bond motifs is 1. The summed E-state index contributed by atoms with van der Waals surface area (Å²) in [5, 5.41) is 3.55. The summed E-state index contributed by atoms with van der Waals surface area (Å²) in [4.78, 5) is 35.6. The van der Waals surface area contributed by atoms with Crippen molar-refractivity contribution in [1.29, 1.82) is 0 Å². The van der Waals surface area contributed by atoms with Crippen LogP contribution in [0, 0.1) is 6.92 Å². The van der Waals surface area contributed by atoms with Crippen molar-refractivity contribution in [2.24, 2.45) is 0 Å². The van der Waals surface area contributed by atoms with Gasteiger partial charge in [0.25, 0.3) is 5.91 Å². The second kappa shape index (κ2) is 8.32. The molecule has 0 fully saturated rings. The molecule has 0 bridgehead atoms. The Morgan fingerprint density at radius 2 is 1.97 bits per heavy atom. The number of nitrogens with zero attached hydrogens (tertiary/aromatic N) is 3. The van der Waals surface area contributed by atoms with Gasteiger partial charge in [0.1, 0.15) is 12.3 Å². The number of amides is 2. The van der Waals surface area contributed by atoms with Crippen LogP contribution in [0.5, 0.6) is 5.75 Å². The van der Waals surface area contributed by atoms with Crippen molar-refractivity contribution in [3.8, 4) is 5.75 Å². The van der Waals surface area contributed by atoms with Crippen LogP contribution in [-0.4, -0.2) is 34.9 Å². The van der Waals surface area contributed by atoms with E-state index >= 15 is 0 Å². The monoisotopic (exact) mass is 406 g/mol. The van der Waals surface area contributed by atoms with Crippen molar-refractivity contribution < 1.29 is 14.3 Å². The molecule has 0 saturated heterocycles. The van der Waals surface area contributed by atoms with E-state index in [1.54, 1.807) is 30.6 Å². The van der Waals surface area contributed by atoms with Crippen LogP contribution in [-0.2, 0) is 9.59 Å². The smallest absolute Gasteiger partial charge is 0.265 e. The summed E-state index contributed by atoms with van der Waals surface area (Å²) in [5.74, 6) is 0.0794. The third-order valence-corrected chi connectivity index (χ3v) is 5.22. The lowest BCUT2D eigenvalue weighted by atomic mass is 10.2. The van der Waals surface area contributed by atoms with Gasteiger partial charge >= 0.3 is 0 Å². The number of aromatic nitrogens is 2. The molecule has 0 spiro atoms.